The van der Waals surface area contributed by atoms with E-state index in [2.05, 4.69) is 20.4 Å². The van der Waals surface area contributed by atoms with Gasteiger partial charge in [-0.05, 0) is 17.3 Å². The lowest BCUT2D eigenvalue weighted by atomic mass is 10.3. The average molecular weight is 235 g/mol. The highest BCUT2D eigenvalue weighted by Gasteiger charge is 2.13. The van der Waals surface area contributed by atoms with Crippen LogP contribution in [0.1, 0.15) is 16.3 Å². The Morgan fingerprint density at radius 3 is 3.06 bits per heavy atom. The maximum atomic E-state index is 10.8. The van der Waals surface area contributed by atoms with Gasteiger partial charge in [0.05, 0.1) is 7.05 Å². The fourth-order valence-electron chi connectivity index (χ4n) is 1.19. The number of carboxylic acid groups (broad SMARTS) is 1. The van der Waals surface area contributed by atoms with Crippen LogP contribution in [0.2, 0.25) is 0 Å². The van der Waals surface area contributed by atoms with E-state index in [4.69, 9.17) is 9.84 Å². The molecule has 8 heteroatoms. The predicted molar refractivity (Wildman–Crippen MR) is 54.3 cm³/mol. The van der Waals surface area contributed by atoms with Crippen LogP contribution in [0.5, 0.6) is 5.75 Å². The van der Waals surface area contributed by atoms with Gasteiger partial charge in [0.15, 0.2) is 18.1 Å². The Labute approximate surface area is 95.9 Å². The molecule has 0 saturated heterocycles. The molecule has 0 unspecified atom stereocenters. The molecule has 0 fully saturated rings. The number of hydrogen-bond acceptors (Lipinski definition) is 6. The molecule has 0 aromatic carbocycles. The molecule has 0 aliphatic rings. The van der Waals surface area contributed by atoms with Crippen LogP contribution in [0.4, 0.5) is 0 Å². The lowest BCUT2D eigenvalue weighted by Gasteiger charge is -2.05. The summed E-state index contributed by atoms with van der Waals surface area (Å²) in [5.74, 6) is -0.604. The van der Waals surface area contributed by atoms with E-state index in [1.54, 1.807) is 13.1 Å². The van der Waals surface area contributed by atoms with Crippen molar-refractivity contribution in [3.05, 3.63) is 29.8 Å². The molecule has 0 radical (unpaired) electrons. The number of nitrogens with zero attached hydrogens (tertiary/aromatic N) is 5. The molecule has 2 aromatic rings. The van der Waals surface area contributed by atoms with E-state index in [-0.39, 0.29) is 18.1 Å². The van der Waals surface area contributed by atoms with Crippen molar-refractivity contribution >= 4 is 5.97 Å². The van der Waals surface area contributed by atoms with Gasteiger partial charge >= 0.3 is 5.97 Å². The molecule has 0 bridgehead atoms. The van der Waals surface area contributed by atoms with Gasteiger partial charge in [0, 0.05) is 6.20 Å². The third-order valence-corrected chi connectivity index (χ3v) is 1.88. The first-order valence-electron chi connectivity index (χ1n) is 4.71. The average Bonchev–Trinajstić information content (AvgIpc) is 2.73. The molecule has 0 amide bonds. The standard InChI is InChI=1S/C9H9N5O3/c1-14-12-7(11-13-14)5-17-6-3-2-4-10-8(6)9(15)16/h2-4H,5H2,1H3,(H,15,16). The van der Waals surface area contributed by atoms with E-state index in [9.17, 15) is 4.79 Å². The number of carbonyl (C=O) groups is 1. The zero-order valence-electron chi connectivity index (χ0n) is 8.94. The third-order valence-electron chi connectivity index (χ3n) is 1.88. The van der Waals surface area contributed by atoms with E-state index >= 15 is 0 Å². The quantitative estimate of drug-likeness (QED) is 0.787. The number of carboxylic acids is 1. The van der Waals surface area contributed by atoms with Gasteiger partial charge in [-0.25, -0.2) is 9.78 Å². The zero-order valence-corrected chi connectivity index (χ0v) is 8.94. The molecule has 2 aromatic heterocycles. The van der Waals surface area contributed by atoms with Crippen LogP contribution in [-0.2, 0) is 13.7 Å². The number of aromatic nitrogens is 5. The molecule has 0 spiro atoms. The van der Waals surface area contributed by atoms with E-state index in [1.165, 1.54) is 17.1 Å². The van der Waals surface area contributed by atoms with Crippen molar-refractivity contribution < 1.29 is 14.6 Å². The maximum Gasteiger partial charge on any atom is 0.358 e. The summed E-state index contributed by atoms with van der Waals surface area (Å²) in [7, 11) is 1.63. The lowest BCUT2D eigenvalue weighted by Crippen LogP contribution is -2.06. The smallest absolute Gasteiger partial charge is 0.358 e. The van der Waals surface area contributed by atoms with Gasteiger partial charge in [0.25, 0.3) is 0 Å². The SMILES string of the molecule is Cn1nnc(COc2cccnc2C(=O)O)n1. The summed E-state index contributed by atoms with van der Waals surface area (Å²) in [6.45, 7) is 0.0415. The van der Waals surface area contributed by atoms with Gasteiger partial charge in [-0.2, -0.15) is 4.80 Å². The normalized spacial score (nSPS) is 10.2. The van der Waals surface area contributed by atoms with E-state index < -0.39 is 5.97 Å². The summed E-state index contributed by atoms with van der Waals surface area (Å²) in [5, 5.41) is 20.1. The number of hydrogen-bond donors (Lipinski definition) is 1. The molecule has 0 aliphatic carbocycles. The van der Waals surface area contributed by atoms with Gasteiger partial charge in [0.2, 0.25) is 5.82 Å². The molecule has 0 aliphatic heterocycles. The first-order valence-corrected chi connectivity index (χ1v) is 4.71. The summed E-state index contributed by atoms with van der Waals surface area (Å²) in [4.78, 5) is 15.8. The van der Waals surface area contributed by atoms with Crippen molar-refractivity contribution in [3.8, 4) is 5.75 Å². The second-order valence-corrected chi connectivity index (χ2v) is 3.14. The third kappa shape index (κ3) is 2.54. The van der Waals surface area contributed by atoms with Crippen LogP contribution in [0.25, 0.3) is 0 Å². The second kappa shape index (κ2) is 4.56. The molecule has 88 valence electrons. The van der Waals surface area contributed by atoms with Crippen LogP contribution < -0.4 is 4.74 Å². The lowest BCUT2D eigenvalue weighted by molar-refractivity contribution is 0.0684. The van der Waals surface area contributed by atoms with Gasteiger partial charge in [-0.3, -0.25) is 0 Å². The van der Waals surface area contributed by atoms with Gasteiger partial charge < -0.3 is 9.84 Å². The highest BCUT2D eigenvalue weighted by molar-refractivity contribution is 5.88. The Hall–Kier alpha value is -2.51. The fourth-order valence-corrected chi connectivity index (χ4v) is 1.19. The summed E-state index contributed by atoms with van der Waals surface area (Å²) >= 11 is 0. The van der Waals surface area contributed by atoms with E-state index in [0.29, 0.717) is 5.82 Å². The predicted octanol–water partition coefficient (Wildman–Crippen LogP) is -0.118. The van der Waals surface area contributed by atoms with Crippen molar-refractivity contribution in [1.29, 1.82) is 0 Å². The summed E-state index contributed by atoms with van der Waals surface area (Å²) in [6, 6.07) is 3.11. The first-order chi connectivity index (χ1) is 8.16. The maximum absolute atomic E-state index is 10.8. The largest absolute Gasteiger partial charge is 0.483 e. The molecule has 0 saturated carbocycles. The van der Waals surface area contributed by atoms with Crippen molar-refractivity contribution in [3.63, 3.8) is 0 Å². The van der Waals surface area contributed by atoms with Crippen molar-refractivity contribution in [2.45, 2.75) is 6.61 Å². The Kier molecular flexibility index (Phi) is 2.95. The van der Waals surface area contributed by atoms with Crippen LogP contribution in [-0.4, -0.2) is 36.3 Å². The Balaban J connectivity index is 2.11. The van der Waals surface area contributed by atoms with Crippen molar-refractivity contribution in [2.24, 2.45) is 7.05 Å². The van der Waals surface area contributed by atoms with Crippen LogP contribution in [0.15, 0.2) is 18.3 Å². The Morgan fingerprint density at radius 1 is 1.59 bits per heavy atom. The van der Waals surface area contributed by atoms with Gasteiger partial charge in [0.1, 0.15) is 0 Å². The number of ether oxygens (including phenoxy) is 1. The minimum atomic E-state index is -1.15. The fraction of sp³-hybridized carbons (Fsp3) is 0.222. The van der Waals surface area contributed by atoms with Crippen LogP contribution in [0, 0.1) is 0 Å². The number of tetrazole rings is 1. The summed E-state index contributed by atoms with van der Waals surface area (Å²) in [5.41, 5.74) is -0.142. The first kappa shape index (κ1) is 11.0. The molecule has 2 rings (SSSR count). The van der Waals surface area contributed by atoms with Crippen LogP contribution in [0.3, 0.4) is 0 Å². The molecule has 2 heterocycles. The van der Waals surface area contributed by atoms with Gasteiger partial charge in [-0.15, -0.1) is 10.2 Å². The highest BCUT2D eigenvalue weighted by atomic mass is 16.5. The topological polar surface area (TPSA) is 103 Å². The number of rotatable bonds is 4. The van der Waals surface area contributed by atoms with Crippen LogP contribution >= 0.6 is 0 Å². The summed E-state index contributed by atoms with van der Waals surface area (Å²) in [6.07, 6.45) is 1.39. The molecule has 1 N–H and O–H groups in total. The highest BCUT2D eigenvalue weighted by Crippen LogP contribution is 2.15. The molecular weight excluding hydrogens is 226 g/mol. The Bertz CT molecular complexity index is 539. The number of pyridine rings is 1. The second-order valence-electron chi connectivity index (χ2n) is 3.14. The molecule has 8 nitrogen and oxygen atoms in total. The summed E-state index contributed by atoms with van der Waals surface area (Å²) < 4.78 is 5.28. The molecule has 0 atom stereocenters. The molecule has 17 heavy (non-hydrogen) atoms. The number of aromatic carboxylic acids is 1. The minimum absolute atomic E-state index is 0.0415. The van der Waals surface area contributed by atoms with Gasteiger partial charge in [-0.1, -0.05) is 0 Å². The van der Waals surface area contributed by atoms with Crippen molar-refractivity contribution in [2.75, 3.05) is 0 Å². The van der Waals surface area contributed by atoms with Crippen molar-refractivity contribution in [1.82, 2.24) is 25.2 Å². The Morgan fingerprint density at radius 2 is 2.41 bits per heavy atom. The number of aryl methyl sites for hydroxylation is 1. The van der Waals surface area contributed by atoms with E-state index in [1.807, 2.05) is 0 Å². The van der Waals surface area contributed by atoms with E-state index in [0.717, 1.165) is 0 Å². The zero-order chi connectivity index (χ0) is 12.3. The molecular formula is C9H9N5O3. The minimum Gasteiger partial charge on any atom is -0.483 e. The monoisotopic (exact) mass is 235 g/mol.